The highest BCUT2D eigenvalue weighted by molar-refractivity contribution is 8.26. The number of nitrogens with zero attached hydrogens (tertiary/aromatic N) is 3. The van der Waals surface area contributed by atoms with E-state index in [1.165, 1.54) is 30.5 Å². The second kappa shape index (κ2) is 7.46. The molecule has 0 radical (unpaired) electrons. The monoisotopic (exact) mass is 385 g/mol. The van der Waals surface area contributed by atoms with Crippen LogP contribution in [0.5, 0.6) is 5.75 Å². The van der Waals surface area contributed by atoms with Crippen LogP contribution in [0.2, 0.25) is 0 Å². The van der Waals surface area contributed by atoms with E-state index in [4.69, 9.17) is 12.2 Å². The number of rotatable bonds is 4. The van der Waals surface area contributed by atoms with Gasteiger partial charge in [-0.1, -0.05) is 23.9 Å². The smallest absolute Gasteiger partial charge is 0.286 e. The number of nitro benzene ring substituents is 1. The summed E-state index contributed by atoms with van der Waals surface area (Å²) < 4.78 is 0.265. The van der Waals surface area contributed by atoms with Gasteiger partial charge in [0.05, 0.1) is 16.0 Å². The zero-order valence-corrected chi connectivity index (χ0v) is 14.7. The molecule has 0 saturated carbocycles. The molecule has 1 amide bonds. The van der Waals surface area contributed by atoms with Crippen LogP contribution in [0.15, 0.2) is 58.5 Å². The van der Waals surface area contributed by atoms with Crippen LogP contribution in [0, 0.1) is 10.1 Å². The molecule has 0 bridgehead atoms. The summed E-state index contributed by atoms with van der Waals surface area (Å²) in [5.74, 6) is -0.269. The number of benzene rings is 2. The molecule has 1 aliphatic rings. The minimum Gasteiger partial charge on any atom is -0.508 e. The van der Waals surface area contributed by atoms with Gasteiger partial charge in [0.25, 0.3) is 11.6 Å². The van der Waals surface area contributed by atoms with Gasteiger partial charge in [-0.15, -0.1) is 0 Å². The average molecular weight is 385 g/mol. The molecule has 130 valence electrons. The van der Waals surface area contributed by atoms with Gasteiger partial charge < -0.3 is 5.11 Å². The fourth-order valence-electron chi connectivity index (χ4n) is 2.12. The van der Waals surface area contributed by atoms with Gasteiger partial charge in [0, 0.05) is 12.1 Å². The Hall–Kier alpha value is -3.04. The van der Waals surface area contributed by atoms with E-state index in [0.29, 0.717) is 16.0 Å². The summed E-state index contributed by atoms with van der Waals surface area (Å²) in [6.07, 6.45) is 3.00. The van der Waals surface area contributed by atoms with Gasteiger partial charge in [-0.2, -0.15) is 10.1 Å². The standard InChI is InChI=1S/C17H11N3O4S2/c21-14-6-4-11(5-7-14)10-18-19-16(22)15(26-17(19)25)9-12-2-1-3-13(8-12)20(23)24/h1-10,21H/b15-9+,18-10+. The number of carbonyl (C=O) groups excluding carboxylic acids is 1. The number of phenols is 1. The molecule has 26 heavy (non-hydrogen) atoms. The van der Waals surface area contributed by atoms with Gasteiger partial charge in [0.15, 0.2) is 4.32 Å². The molecule has 3 rings (SSSR count). The molecule has 1 heterocycles. The summed E-state index contributed by atoms with van der Waals surface area (Å²) >= 11 is 6.25. The lowest BCUT2D eigenvalue weighted by Gasteiger charge is -2.06. The van der Waals surface area contributed by atoms with E-state index in [1.54, 1.807) is 30.3 Å². The summed E-state index contributed by atoms with van der Waals surface area (Å²) in [5.41, 5.74) is 1.17. The van der Waals surface area contributed by atoms with Crippen LogP contribution in [0.3, 0.4) is 0 Å². The predicted octanol–water partition coefficient (Wildman–Crippen LogP) is 3.54. The lowest BCUT2D eigenvalue weighted by Crippen LogP contribution is -2.22. The number of hydrazone groups is 1. The maximum Gasteiger partial charge on any atom is 0.286 e. The molecule has 9 heteroatoms. The number of hydrogen-bond donors (Lipinski definition) is 1. The summed E-state index contributed by atoms with van der Waals surface area (Å²) in [6.45, 7) is 0. The van der Waals surface area contributed by atoms with Crippen LogP contribution in [-0.2, 0) is 4.79 Å². The van der Waals surface area contributed by atoms with Crippen LogP contribution >= 0.6 is 24.0 Å². The zero-order valence-electron chi connectivity index (χ0n) is 13.1. The first-order chi connectivity index (χ1) is 12.4. The van der Waals surface area contributed by atoms with Crippen molar-refractivity contribution in [1.29, 1.82) is 0 Å². The molecule has 1 saturated heterocycles. The molecule has 0 aliphatic carbocycles. The fraction of sp³-hybridized carbons (Fsp3) is 0. The molecular weight excluding hydrogens is 374 g/mol. The Balaban J connectivity index is 1.81. The van der Waals surface area contributed by atoms with Gasteiger partial charge in [-0.25, -0.2) is 0 Å². The van der Waals surface area contributed by atoms with E-state index in [0.717, 1.165) is 16.8 Å². The highest BCUT2D eigenvalue weighted by Crippen LogP contribution is 2.33. The minimum atomic E-state index is -0.496. The molecular formula is C17H11N3O4S2. The van der Waals surface area contributed by atoms with Crippen molar-refractivity contribution in [1.82, 2.24) is 5.01 Å². The SMILES string of the molecule is O=C1/C(=C\c2cccc([N+](=O)[O-])c2)SC(=S)N1/N=C/c1ccc(O)cc1. The molecule has 1 aliphatic heterocycles. The van der Waals surface area contributed by atoms with Crippen molar-refractivity contribution in [3.63, 3.8) is 0 Å². The fourth-order valence-corrected chi connectivity index (χ4v) is 3.30. The van der Waals surface area contributed by atoms with Crippen molar-refractivity contribution in [3.8, 4) is 5.75 Å². The van der Waals surface area contributed by atoms with E-state index in [2.05, 4.69) is 5.10 Å². The minimum absolute atomic E-state index is 0.0559. The second-order valence-corrected chi connectivity index (χ2v) is 6.86. The van der Waals surface area contributed by atoms with Crippen molar-refractivity contribution in [2.24, 2.45) is 5.10 Å². The maximum absolute atomic E-state index is 12.5. The number of carbonyl (C=O) groups is 1. The lowest BCUT2D eigenvalue weighted by atomic mass is 10.2. The Kier molecular flexibility index (Phi) is 5.10. The maximum atomic E-state index is 12.5. The molecule has 7 nitrogen and oxygen atoms in total. The first-order valence-corrected chi connectivity index (χ1v) is 8.52. The number of hydrogen-bond acceptors (Lipinski definition) is 7. The molecule has 0 aromatic heterocycles. The van der Waals surface area contributed by atoms with E-state index >= 15 is 0 Å². The Labute approximate surface area is 157 Å². The molecule has 2 aromatic carbocycles. The Morgan fingerprint density at radius 3 is 2.62 bits per heavy atom. The number of phenolic OH excluding ortho intramolecular Hbond substituents is 1. The van der Waals surface area contributed by atoms with Crippen LogP contribution in [0.25, 0.3) is 6.08 Å². The van der Waals surface area contributed by atoms with Gasteiger partial charge in [-0.3, -0.25) is 14.9 Å². The third-order valence-electron chi connectivity index (χ3n) is 3.37. The van der Waals surface area contributed by atoms with Crippen LogP contribution in [-0.4, -0.2) is 31.5 Å². The topological polar surface area (TPSA) is 96.0 Å². The molecule has 1 fully saturated rings. The molecule has 0 unspecified atom stereocenters. The van der Waals surface area contributed by atoms with Gasteiger partial charge in [0.2, 0.25) is 0 Å². The molecule has 0 spiro atoms. The molecule has 0 atom stereocenters. The van der Waals surface area contributed by atoms with E-state index in [9.17, 15) is 20.0 Å². The third kappa shape index (κ3) is 3.95. The zero-order chi connectivity index (χ0) is 18.7. The molecule has 2 aromatic rings. The summed E-state index contributed by atoms with van der Waals surface area (Å²) in [4.78, 5) is 23.2. The number of non-ortho nitro benzene ring substituents is 1. The first-order valence-electron chi connectivity index (χ1n) is 7.29. The summed E-state index contributed by atoms with van der Waals surface area (Å²) in [7, 11) is 0. The number of thioether (sulfide) groups is 1. The summed E-state index contributed by atoms with van der Waals surface area (Å²) in [6, 6.07) is 12.3. The Morgan fingerprint density at radius 1 is 1.19 bits per heavy atom. The quantitative estimate of drug-likeness (QED) is 0.284. The number of nitro groups is 1. The highest BCUT2D eigenvalue weighted by Gasteiger charge is 2.32. The first kappa shape index (κ1) is 17.8. The van der Waals surface area contributed by atoms with Crippen molar-refractivity contribution < 1.29 is 14.8 Å². The average Bonchev–Trinajstić information content (AvgIpc) is 2.88. The van der Waals surface area contributed by atoms with Crippen molar-refractivity contribution >= 4 is 52.2 Å². The number of amides is 1. The Morgan fingerprint density at radius 2 is 1.92 bits per heavy atom. The van der Waals surface area contributed by atoms with Crippen LogP contribution in [0.1, 0.15) is 11.1 Å². The van der Waals surface area contributed by atoms with Gasteiger partial charge in [0.1, 0.15) is 5.75 Å². The van der Waals surface area contributed by atoms with Crippen LogP contribution < -0.4 is 0 Å². The van der Waals surface area contributed by atoms with Crippen molar-refractivity contribution in [3.05, 3.63) is 74.7 Å². The van der Waals surface area contributed by atoms with Crippen molar-refractivity contribution in [2.45, 2.75) is 0 Å². The van der Waals surface area contributed by atoms with Crippen molar-refractivity contribution in [2.75, 3.05) is 0 Å². The van der Waals surface area contributed by atoms with E-state index < -0.39 is 10.8 Å². The Bertz CT molecular complexity index is 955. The van der Waals surface area contributed by atoms with Crippen LogP contribution in [0.4, 0.5) is 5.69 Å². The summed E-state index contributed by atoms with van der Waals surface area (Å²) in [5, 5.41) is 25.3. The number of aromatic hydroxyl groups is 1. The third-order valence-corrected chi connectivity index (χ3v) is 4.65. The lowest BCUT2D eigenvalue weighted by molar-refractivity contribution is -0.384. The molecule has 1 N–H and O–H groups in total. The van der Waals surface area contributed by atoms with E-state index in [-0.39, 0.29) is 15.8 Å². The van der Waals surface area contributed by atoms with Gasteiger partial charge >= 0.3 is 0 Å². The van der Waals surface area contributed by atoms with Gasteiger partial charge in [-0.05, 0) is 53.7 Å². The predicted molar refractivity (Wildman–Crippen MR) is 104 cm³/mol. The highest BCUT2D eigenvalue weighted by atomic mass is 32.2. The second-order valence-electron chi connectivity index (χ2n) is 5.18. The largest absolute Gasteiger partial charge is 0.508 e. The van der Waals surface area contributed by atoms with E-state index in [1.807, 2.05) is 0 Å². The normalized spacial score (nSPS) is 16.0. The number of thiocarbonyl (C=S) groups is 1.